The lowest BCUT2D eigenvalue weighted by Gasteiger charge is -2.19. The Bertz CT molecular complexity index is 726. The third-order valence-corrected chi connectivity index (χ3v) is 3.98. The standard InChI is InChI=1S/C16H23N3O2/c1-4-17(5-2)11-12-19-15(20)13-9-7-8-10-14(13)18(6-3)16(19)21/h7-10H,4-6,11-12H2,1-3H3. The summed E-state index contributed by atoms with van der Waals surface area (Å²) in [7, 11) is 0. The first kappa shape index (κ1) is 15.5. The number of likely N-dealkylation sites (N-methyl/N-ethyl adjacent to an activating group) is 1. The molecule has 0 radical (unpaired) electrons. The summed E-state index contributed by atoms with van der Waals surface area (Å²) >= 11 is 0. The van der Waals surface area contributed by atoms with Crippen LogP contribution in [0.25, 0.3) is 10.9 Å². The van der Waals surface area contributed by atoms with Gasteiger partial charge in [0.1, 0.15) is 0 Å². The van der Waals surface area contributed by atoms with Crippen molar-refractivity contribution in [2.75, 3.05) is 19.6 Å². The van der Waals surface area contributed by atoms with Gasteiger partial charge >= 0.3 is 5.69 Å². The lowest BCUT2D eigenvalue weighted by Crippen LogP contribution is -2.42. The van der Waals surface area contributed by atoms with E-state index in [-0.39, 0.29) is 11.2 Å². The van der Waals surface area contributed by atoms with Crippen LogP contribution in [-0.2, 0) is 13.1 Å². The van der Waals surface area contributed by atoms with Crippen molar-refractivity contribution in [3.05, 3.63) is 45.1 Å². The summed E-state index contributed by atoms with van der Waals surface area (Å²) in [6.07, 6.45) is 0. The lowest BCUT2D eigenvalue weighted by molar-refractivity contribution is 0.286. The van der Waals surface area contributed by atoms with Gasteiger partial charge in [-0.1, -0.05) is 26.0 Å². The van der Waals surface area contributed by atoms with Crippen molar-refractivity contribution in [2.24, 2.45) is 0 Å². The van der Waals surface area contributed by atoms with Gasteiger partial charge in [-0.3, -0.25) is 13.9 Å². The summed E-state index contributed by atoms with van der Waals surface area (Å²) in [6.45, 7) is 9.63. The monoisotopic (exact) mass is 289 g/mol. The number of aryl methyl sites for hydroxylation is 1. The van der Waals surface area contributed by atoms with Gasteiger partial charge in [0.25, 0.3) is 5.56 Å². The first-order valence-electron chi connectivity index (χ1n) is 7.58. The molecule has 2 aromatic rings. The Balaban J connectivity index is 2.54. The minimum absolute atomic E-state index is 0.188. The van der Waals surface area contributed by atoms with Crippen LogP contribution in [0.4, 0.5) is 0 Å². The average molecular weight is 289 g/mol. The van der Waals surface area contributed by atoms with E-state index in [1.807, 2.05) is 25.1 Å². The summed E-state index contributed by atoms with van der Waals surface area (Å²) < 4.78 is 3.03. The van der Waals surface area contributed by atoms with E-state index < -0.39 is 0 Å². The van der Waals surface area contributed by atoms with Gasteiger partial charge in [0, 0.05) is 19.6 Å². The Labute approximate surface area is 124 Å². The molecule has 21 heavy (non-hydrogen) atoms. The minimum atomic E-state index is -0.214. The third kappa shape index (κ3) is 2.93. The van der Waals surface area contributed by atoms with E-state index >= 15 is 0 Å². The molecule has 5 heteroatoms. The van der Waals surface area contributed by atoms with E-state index in [1.54, 1.807) is 10.6 Å². The number of nitrogens with zero attached hydrogens (tertiary/aromatic N) is 3. The molecule has 0 aliphatic rings. The van der Waals surface area contributed by atoms with Crippen LogP contribution in [0.15, 0.2) is 33.9 Å². The summed E-state index contributed by atoms with van der Waals surface area (Å²) in [5.74, 6) is 0. The largest absolute Gasteiger partial charge is 0.331 e. The molecule has 0 bridgehead atoms. The SMILES string of the molecule is CCN(CC)CCn1c(=O)c2ccccc2n(CC)c1=O. The summed E-state index contributed by atoms with van der Waals surface area (Å²) in [5, 5.41) is 0.610. The Kier molecular flexibility index (Phi) is 4.96. The zero-order valence-electron chi connectivity index (χ0n) is 13.0. The van der Waals surface area contributed by atoms with Gasteiger partial charge in [0.05, 0.1) is 10.9 Å². The summed E-state index contributed by atoms with van der Waals surface area (Å²) in [4.78, 5) is 27.3. The second-order valence-electron chi connectivity index (χ2n) is 5.03. The van der Waals surface area contributed by atoms with E-state index in [0.29, 0.717) is 30.5 Å². The molecule has 0 amide bonds. The highest BCUT2D eigenvalue weighted by Gasteiger charge is 2.12. The molecule has 0 spiro atoms. The molecule has 5 nitrogen and oxygen atoms in total. The second kappa shape index (κ2) is 6.72. The second-order valence-corrected chi connectivity index (χ2v) is 5.03. The summed E-state index contributed by atoms with van der Waals surface area (Å²) in [5.41, 5.74) is 0.315. The van der Waals surface area contributed by atoms with Crippen LogP contribution in [-0.4, -0.2) is 33.7 Å². The molecule has 0 atom stereocenters. The van der Waals surface area contributed by atoms with Gasteiger partial charge in [-0.25, -0.2) is 4.79 Å². The maximum absolute atomic E-state index is 12.5. The number of fused-ring (bicyclic) bond motifs is 1. The van der Waals surface area contributed by atoms with E-state index in [2.05, 4.69) is 18.7 Å². The van der Waals surface area contributed by atoms with Crippen molar-refractivity contribution in [1.82, 2.24) is 14.0 Å². The molecule has 2 rings (SSSR count). The Morgan fingerprint density at radius 3 is 2.29 bits per heavy atom. The topological polar surface area (TPSA) is 47.2 Å². The number of hydrogen-bond acceptors (Lipinski definition) is 3. The van der Waals surface area contributed by atoms with Gasteiger partial charge in [0.15, 0.2) is 0 Å². The highest BCUT2D eigenvalue weighted by molar-refractivity contribution is 5.77. The zero-order valence-corrected chi connectivity index (χ0v) is 13.0. The maximum atomic E-state index is 12.5. The highest BCUT2D eigenvalue weighted by atomic mass is 16.2. The molecule has 114 valence electrons. The number of hydrogen-bond donors (Lipinski definition) is 0. The predicted octanol–water partition coefficient (Wildman–Crippen LogP) is 1.52. The van der Waals surface area contributed by atoms with Crippen molar-refractivity contribution in [3.63, 3.8) is 0 Å². The van der Waals surface area contributed by atoms with Gasteiger partial charge in [0.2, 0.25) is 0 Å². The third-order valence-electron chi connectivity index (χ3n) is 3.98. The quantitative estimate of drug-likeness (QED) is 0.810. The van der Waals surface area contributed by atoms with Crippen LogP contribution in [0.1, 0.15) is 20.8 Å². The van der Waals surface area contributed by atoms with Crippen LogP contribution in [0.3, 0.4) is 0 Å². The first-order chi connectivity index (χ1) is 10.1. The summed E-state index contributed by atoms with van der Waals surface area (Å²) in [6, 6.07) is 7.31. The molecule has 0 saturated carbocycles. The molecule has 0 fully saturated rings. The minimum Gasteiger partial charge on any atom is -0.302 e. The smallest absolute Gasteiger partial charge is 0.302 e. The molecule has 0 saturated heterocycles. The number of aromatic nitrogens is 2. The molecular formula is C16H23N3O2. The maximum Gasteiger partial charge on any atom is 0.331 e. The lowest BCUT2D eigenvalue weighted by atomic mass is 10.2. The van der Waals surface area contributed by atoms with E-state index in [1.165, 1.54) is 4.57 Å². The van der Waals surface area contributed by atoms with Crippen molar-refractivity contribution in [2.45, 2.75) is 33.9 Å². The Morgan fingerprint density at radius 1 is 1.00 bits per heavy atom. The number of rotatable bonds is 6. The molecular weight excluding hydrogens is 266 g/mol. The first-order valence-corrected chi connectivity index (χ1v) is 7.58. The normalized spacial score (nSPS) is 11.4. The molecule has 0 N–H and O–H groups in total. The van der Waals surface area contributed by atoms with Crippen LogP contribution in [0, 0.1) is 0 Å². The average Bonchev–Trinajstić information content (AvgIpc) is 2.51. The van der Waals surface area contributed by atoms with Gasteiger partial charge in [-0.2, -0.15) is 0 Å². The zero-order chi connectivity index (χ0) is 15.4. The van der Waals surface area contributed by atoms with E-state index in [9.17, 15) is 9.59 Å². The van der Waals surface area contributed by atoms with Crippen molar-refractivity contribution in [1.29, 1.82) is 0 Å². The molecule has 0 aliphatic heterocycles. The van der Waals surface area contributed by atoms with Crippen LogP contribution in [0.2, 0.25) is 0 Å². The van der Waals surface area contributed by atoms with Crippen LogP contribution < -0.4 is 11.2 Å². The molecule has 0 aliphatic carbocycles. The van der Waals surface area contributed by atoms with Crippen molar-refractivity contribution >= 4 is 10.9 Å². The Morgan fingerprint density at radius 2 is 1.67 bits per heavy atom. The predicted molar refractivity (Wildman–Crippen MR) is 85.9 cm³/mol. The van der Waals surface area contributed by atoms with E-state index in [4.69, 9.17) is 0 Å². The van der Waals surface area contributed by atoms with Gasteiger partial charge in [-0.05, 0) is 32.1 Å². The van der Waals surface area contributed by atoms with Gasteiger partial charge in [-0.15, -0.1) is 0 Å². The fourth-order valence-corrected chi connectivity index (χ4v) is 2.65. The number of para-hydroxylation sites is 1. The molecule has 0 unspecified atom stereocenters. The molecule has 1 heterocycles. The van der Waals surface area contributed by atoms with Crippen molar-refractivity contribution in [3.8, 4) is 0 Å². The molecule has 1 aromatic carbocycles. The fraction of sp³-hybridized carbons (Fsp3) is 0.500. The van der Waals surface area contributed by atoms with Crippen molar-refractivity contribution < 1.29 is 0 Å². The van der Waals surface area contributed by atoms with Gasteiger partial charge < -0.3 is 4.90 Å². The van der Waals surface area contributed by atoms with Crippen LogP contribution in [0.5, 0.6) is 0 Å². The number of benzene rings is 1. The van der Waals surface area contributed by atoms with E-state index in [0.717, 1.165) is 13.1 Å². The molecule has 1 aromatic heterocycles. The fourth-order valence-electron chi connectivity index (χ4n) is 2.65. The highest BCUT2D eigenvalue weighted by Crippen LogP contribution is 2.07. The Hall–Kier alpha value is -1.88. The van der Waals surface area contributed by atoms with Crippen LogP contribution >= 0.6 is 0 Å².